The zero-order chi connectivity index (χ0) is 14.7. The highest BCUT2D eigenvalue weighted by Gasteiger charge is 2.12. The summed E-state index contributed by atoms with van der Waals surface area (Å²) in [6.45, 7) is 4.16. The fourth-order valence-corrected chi connectivity index (χ4v) is 2.50. The minimum absolute atomic E-state index is 0.0416. The lowest BCUT2D eigenvalue weighted by atomic mass is 9.99. The van der Waals surface area contributed by atoms with Crippen molar-refractivity contribution in [2.45, 2.75) is 32.7 Å². The molecule has 0 saturated heterocycles. The molecule has 0 bridgehead atoms. The SMILES string of the molecule is COc1ccc(C(N)CCc2c(C)nn(C)c2C)cc1. The second kappa shape index (κ2) is 6.09. The van der Waals surface area contributed by atoms with Crippen LogP contribution >= 0.6 is 0 Å². The molecule has 0 fully saturated rings. The van der Waals surface area contributed by atoms with Gasteiger partial charge >= 0.3 is 0 Å². The molecular weight excluding hydrogens is 250 g/mol. The first-order valence-corrected chi connectivity index (χ1v) is 6.91. The number of nitrogens with zero attached hydrogens (tertiary/aromatic N) is 2. The third-order valence-electron chi connectivity index (χ3n) is 3.91. The Morgan fingerprint density at radius 2 is 1.90 bits per heavy atom. The van der Waals surface area contributed by atoms with Crippen LogP contribution in [-0.4, -0.2) is 16.9 Å². The summed E-state index contributed by atoms with van der Waals surface area (Å²) < 4.78 is 7.09. The Bertz CT molecular complexity index is 572. The van der Waals surface area contributed by atoms with Crippen LogP contribution in [0.5, 0.6) is 5.75 Å². The van der Waals surface area contributed by atoms with Crippen molar-refractivity contribution < 1.29 is 4.74 Å². The standard InChI is InChI=1S/C16H23N3O/c1-11-15(12(2)19(3)18-11)9-10-16(17)13-5-7-14(20-4)8-6-13/h5-8,16H,9-10,17H2,1-4H3. The van der Waals surface area contributed by atoms with Gasteiger partial charge < -0.3 is 10.5 Å². The van der Waals surface area contributed by atoms with Crippen LogP contribution in [-0.2, 0) is 13.5 Å². The quantitative estimate of drug-likeness (QED) is 0.911. The fraction of sp³-hybridized carbons (Fsp3) is 0.438. The highest BCUT2D eigenvalue weighted by Crippen LogP contribution is 2.22. The second-order valence-electron chi connectivity index (χ2n) is 5.19. The maximum absolute atomic E-state index is 6.27. The molecule has 1 aromatic heterocycles. The minimum Gasteiger partial charge on any atom is -0.497 e. The topological polar surface area (TPSA) is 53.1 Å². The van der Waals surface area contributed by atoms with Crippen molar-refractivity contribution in [2.75, 3.05) is 7.11 Å². The highest BCUT2D eigenvalue weighted by atomic mass is 16.5. The number of rotatable bonds is 5. The summed E-state index contributed by atoms with van der Waals surface area (Å²) >= 11 is 0. The van der Waals surface area contributed by atoms with E-state index in [1.165, 1.54) is 11.3 Å². The van der Waals surface area contributed by atoms with Crippen LogP contribution in [0.15, 0.2) is 24.3 Å². The van der Waals surface area contributed by atoms with E-state index in [9.17, 15) is 0 Å². The zero-order valence-corrected chi connectivity index (χ0v) is 12.7. The lowest BCUT2D eigenvalue weighted by molar-refractivity contribution is 0.414. The van der Waals surface area contributed by atoms with E-state index in [-0.39, 0.29) is 6.04 Å². The van der Waals surface area contributed by atoms with Gasteiger partial charge in [-0.1, -0.05) is 12.1 Å². The highest BCUT2D eigenvalue weighted by molar-refractivity contribution is 5.30. The van der Waals surface area contributed by atoms with Crippen LogP contribution in [0, 0.1) is 13.8 Å². The van der Waals surface area contributed by atoms with Gasteiger partial charge in [-0.15, -0.1) is 0 Å². The summed E-state index contributed by atoms with van der Waals surface area (Å²) in [4.78, 5) is 0. The predicted octanol–water partition coefficient (Wildman–Crippen LogP) is 2.68. The van der Waals surface area contributed by atoms with Gasteiger partial charge in [0.2, 0.25) is 0 Å². The molecule has 4 nitrogen and oxygen atoms in total. The number of hydrogen-bond acceptors (Lipinski definition) is 3. The van der Waals surface area contributed by atoms with Crippen molar-refractivity contribution >= 4 is 0 Å². The van der Waals surface area contributed by atoms with Gasteiger partial charge in [-0.3, -0.25) is 4.68 Å². The molecule has 2 aromatic rings. The van der Waals surface area contributed by atoms with Crippen molar-refractivity contribution in [3.05, 3.63) is 46.8 Å². The molecule has 1 aromatic carbocycles. The van der Waals surface area contributed by atoms with Crippen molar-refractivity contribution in [1.82, 2.24) is 9.78 Å². The van der Waals surface area contributed by atoms with Gasteiger partial charge in [0.15, 0.2) is 0 Å². The largest absolute Gasteiger partial charge is 0.497 e. The van der Waals surface area contributed by atoms with Crippen molar-refractivity contribution in [3.63, 3.8) is 0 Å². The van der Waals surface area contributed by atoms with Crippen LogP contribution < -0.4 is 10.5 Å². The summed E-state index contributed by atoms with van der Waals surface area (Å²) in [5, 5.41) is 4.44. The number of aryl methyl sites for hydroxylation is 2. The number of benzene rings is 1. The van der Waals surface area contributed by atoms with Gasteiger partial charge in [-0.2, -0.15) is 5.10 Å². The predicted molar refractivity (Wildman–Crippen MR) is 80.9 cm³/mol. The van der Waals surface area contributed by atoms with E-state index in [0.717, 1.165) is 29.8 Å². The summed E-state index contributed by atoms with van der Waals surface area (Å²) in [5.74, 6) is 0.861. The number of aromatic nitrogens is 2. The monoisotopic (exact) mass is 273 g/mol. The van der Waals surface area contributed by atoms with Crippen LogP contribution in [0.2, 0.25) is 0 Å². The van der Waals surface area contributed by atoms with Crippen LogP contribution in [0.25, 0.3) is 0 Å². The minimum atomic E-state index is 0.0416. The Morgan fingerprint density at radius 3 is 2.40 bits per heavy atom. The second-order valence-corrected chi connectivity index (χ2v) is 5.19. The summed E-state index contributed by atoms with van der Waals surface area (Å²) in [7, 11) is 3.65. The van der Waals surface area contributed by atoms with Crippen LogP contribution in [0.3, 0.4) is 0 Å². The lowest BCUT2D eigenvalue weighted by Crippen LogP contribution is -2.11. The zero-order valence-electron chi connectivity index (χ0n) is 12.7. The summed E-state index contributed by atoms with van der Waals surface area (Å²) in [5.41, 5.74) is 11.1. The van der Waals surface area contributed by atoms with Crippen molar-refractivity contribution in [2.24, 2.45) is 12.8 Å². The summed E-state index contributed by atoms with van der Waals surface area (Å²) in [6.07, 6.45) is 1.87. The maximum atomic E-state index is 6.27. The van der Waals surface area contributed by atoms with Crippen molar-refractivity contribution in [1.29, 1.82) is 0 Å². The van der Waals surface area contributed by atoms with E-state index < -0.39 is 0 Å². The van der Waals surface area contributed by atoms with E-state index >= 15 is 0 Å². The molecule has 0 aliphatic rings. The number of methoxy groups -OCH3 is 1. The molecule has 0 amide bonds. The molecule has 1 unspecified atom stereocenters. The Morgan fingerprint density at radius 1 is 1.25 bits per heavy atom. The molecule has 0 spiro atoms. The van der Waals surface area contributed by atoms with Gasteiger partial charge in [0.1, 0.15) is 5.75 Å². The molecule has 0 aliphatic carbocycles. The van der Waals surface area contributed by atoms with Gasteiger partial charge in [-0.25, -0.2) is 0 Å². The Hall–Kier alpha value is -1.81. The lowest BCUT2D eigenvalue weighted by Gasteiger charge is -2.13. The fourth-order valence-electron chi connectivity index (χ4n) is 2.50. The molecule has 2 rings (SSSR count). The van der Waals surface area contributed by atoms with Crippen molar-refractivity contribution in [3.8, 4) is 5.75 Å². The Labute approximate surface area is 120 Å². The molecular formula is C16H23N3O. The molecule has 108 valence electrons. The smallest absolute Gasteiger partial charge is 0.118 e. The first-order chi connectivity index (χ1) is 9.52. The van der Waals surface area contributed by atoms with E-state index in [2.05, 4.69) is 18.9 Å². The third kappa shape index (κ3) is 3.02. The number of hydrogen-bond donors (Lipinski definition) is 1. The van der Waals surface area contributed by atoms with E-state index in [4.69, 9.17) is 10.5 Å². The van der Waals surface area contributed by atoms with Gasteiger partial charge in [0.25, 0.3) is 0 Å². The average Bonchev–Trinajstić information content (AvgIpc) is 2.70. The molecule has 20 heavy (non-hydrogen) atoms. The number of nitrogens with two attached hydrogens (primary N) is 1. The molecule has 4 heteroatoms. The normalized spacial score (nSPS) is 12.4. The Balaban J connectivity index is 2.02. The molecule has 0 radical (unpaired) electrons. The first kappa shape index (κ1) is 14.6. The Kier molecular flexibility index (Phi) is 4.45. The van der Waals surface area contributed by atoms with E-state index in [1.54, 1.807) is 7.11 Å². The van der Waals surface area contributed by atoms with Crippen LogP contribution in [0.4, 0.5) is 0 Å². The summed E-state index contributed by atoms with van der Waals surface area (Å²) in [6, 6.07) is 8.02. The van der Waals surface area contributed by atoms with E-state index in [0.29, 0.717) is 0 Å². The molecule has 0 saturated carbocycles. The van der Waals surface area contributed by atoms with Gasteiger partial charge in [0.05, 0.1) is 12.8 Å². The molecule has 2 N–H and O–H groups in total. The molecule has 0 aliphatic heterocycles. The van der Waals surface area contributed by atoms with Gasteiger partial charge in [0, 0.05) is 18.8 Å². The average molecular weight is 273 g/mol. The van der Waals surface area contributed by atoms with Crippen LogP contribution in [0.1, 0.15) is 35.0 Å². The number of ether oxygens (including phenoxy) is 1. The first-order valence-electron chi connectivity index (χ1n) is 6.91. The molecule has 1 atom stereocenters. The van der Waals surface area contributed by atoms with E-state index in [1.807, 2.05) is 36.0 Å². The van der Waals surface area contributed by atoms with Gasteiger partial charge in [-0.05, 0) is 49.9 Å². The molecule has 1 heterocycles. The third-order valence-corrected chi connectivity index (χ3v) is 3.91. The maximum Gasteiger partial charge on any atom is 0.118 e.